The highest BCUT2D eigenvalue weighted by Gasteiger charge is 2.39. The van der Waals surface area contributed by atoms with Crippen molar-refractivity contribution in [3.63, 3.8) is 0 Å². The molecule has 5 heteroatoms. The van der Waals surface area contributed by atoms with Crippen molar-refractivity contribution >= 4 is 23.8 Å². The highest BCUT2D eigenvalue weighted by Crippen LogP contribution is 2.28. The van der Waals surface area contributed by atoms with Gasteiger partial charge in [0.05, 0.1) is 0 Å². The number of carbonyl (C=O) groups excluding carboxylic acids is 2. The fourth-order valence-electron chi connectivity index (χ4n) is 1.89. The molecule has 0 fully saturated rings. The number of alkyl carbamates (subject to hydrolysis) is 1. The third-order valence-corrected chi connectivity index (χ3v) is 3.26. The normalized spacial score (nSPS) is 14.2. The van der Waals surface area contributed by atoms with Gasteiger partial charge in [-0.05, 0) is 32.8 Å². The Morgan fingerprint density at radius 3 is 2.15 bits per heavy atom. The molecule has 1 amide bonds. The van der Waals surface area contributed by atoms with E-state index in [1.165, 1.54) is 0 Å². The molecule has 110 valence electrons. The summed E-state index contributed by atoms with van der Waals surface area (Å²) < 4.78 is 5.23. The first-order valence-corrected chi connectivity index (χ1v) is 6.96. The van der Waals surface area contributed by atoms with E-state index in [9.17, 15) is 9.59 Å². The molecule has 1 atom stereocenters. The van der Waals surface area contributed by atoms with E-state index in [1.54, 1.807) is 32.9 Å². The first-order valence-electron chi connectivity index (χ1n) is 6.51. The number of benzene rings is 1. The van der Waals surface area contributed by atoms with E-state index >= 15 is 0 Å². The van der Waals surface area contributed by atoms with Crippen LogP contribution in [0.4, 0.5) is 4.79 Å². The summed E-state index contributed by atoms with van der Waals surface area (Å²) in [6, 6.07) is 9.05. The third-order valence-electron chi connectivity index (χ3n) is 2.88. The van der Waals surface area contributed by atoms with Crippen molar-refractivity contribution < 1.29 is 14.3 Å². The van der Waals surface area contributed by atoms with E-state index in [4.69, 9.17) is 4.74 Å². The van der Waals surface area contributed by atoms with Crippen molar-refractivity contribution in [1.29, 1.82) is 0 Å². The van der Waals surface area contributed by atoms with Crippen molar-refractivity contribution in [2.24, 2.45) is 0 Å². The lowest BCUT2D eigenvalue weighted by molar-refractivity contribution is -0.117. The molecule has 0 heterocycles. The Bertz CT molecular complexity index is 482. The number of carbonyl (C=O) groups is 2. The first-order chi connectivity index (χ1) is 9.21. The molecule has 0 saturated carbocycles. The molecule has 0 unspecified atom stereocenters. The van der Waals surface area contributed by atoms with Gasteiger partial charge in [0.2, 0.25) is 5.12 Å². The summed E-state index contributed by atoms with van der Waals surface area (Å²) in [6.07, 6.45) is -0.246. The Balaban J connectivity index is 3.08. The van der Waals surface area contributed by atoms with Gasteiger partial charge >= 0.3 is 6.09 Å². The van der Waals surface area contributed by atoms with Crippen LogP contribution in [0.25, 0.3) is 0 Å². The Kier molecular flexibility index (Phi) is 5.22. The minimum absolute atomic E-state index is 0.387. The summed E-state index contributed by atoms with van der Waals surface area (Å²) >= 11 is 3.95. The van der Waals surface area contributed by atoms with Gasteiger partial charge in [-0.1, -0.05) is 37.3 Å². The number of hydrogen-bond donors (Lipinski definition) is 2. The average Bonchev–Trinajstić information content (AvgIpc) is 2.34. The molecule has 1 aromatic carbocycles. The zero-order valence-electron chi connectivity index (χ0n) is 12.3. The van der Waals surface area contributed by atoms with Crippen LogP contribution in [-0.4, -0.2) is 16.8 Å². The van der Waals surface area contributed by atoms with Crippen molar-refractivity contribution in [3.05, 3.63) is 35.9 Å². The monoisotopic (exact) mass is 295 g/mol. The van der Waals surface area contributed by atoms with Crippen LogP contribution in [0.2, 0.25) is 0 Å². The maximum atomic E-state index is 12.0. The van der Waals surface area contributed by atoms with E-state index in [1.807, 2.05) is 25.1 Å². The predicted molar refractivity (Wildman–Crippen MR) is 81.8 cm³/mol. The maximum absolute atomic E-state index is 12.0. The third kappa shape index (κ3) is 4.00. The van der Waals surface area contributed by atoms with E-state index in [-0.39, 0.29) is 0 Å². The predicted octanol–water partition coefficient (Wildman–Crippen LogP) is 3.27. The van der Waals surface area contributed by atoms with Crippen molar-refractivity contribution in [2.75, 3.05) is 0 Å². The van der Waals surface area contributed by atoms with Crippen LogP contribution < -0.4 is 5.32 Å². The van der Waals surface area contributed by atoms with Crippen LogP contribution >= 0.6 is 12.6 Å². The van der Waals surface area contributed by atoms with Gasteiger partial charge in [-0.3, -0.25) is 4.79 Å². The molecular weight excluding hydrogens is 274 g/mol. The van der Waals surface area contributed by atoms with Crippen molar-refractivity contribution in [2.45, 2.75) is 45.3 Å². The molecule has 20 heavy (non-hydrogen) atoms. The van der Waals surface area contributed by atoms with Crippen LogP contribution in [0.15, 0.2) is 30.3 Å². The Labute approximate surface area is 125 Å². The van der Waals surface area contributed by atoms with Gasteiger partial charge in [0.25, 0.3) is 0 Å². The first kappa shape index (κ1) is 16.6. The molecule has 0 bridgehead atoms. The van der Waals surface area contributed by atoms with Gasteiger partial charge in [-0.2, -0.15) is 0 Å². The van der Waals surface area contributed by atoms with Crippen LogP contribution in [0.5, 0.6) is 0 Å². The Morgan fingerprint density at radius 1 is 1.20 bits per heavy atom. The molecule has 0 aliphatic carbocycles. The topological polar surface area (TPSA) is 55.4 Å². The fourth-order valence-corrected chi connectivity index (χ4v) is 2.24. The average molecular weight is 295 g/mol. The summed E-state index contributed by atoms with van der Waals surface area (Å²) in [4.78, 5) is 24.0. The number of nitrogens with one attached hydrogen (secondary N) is 1. The minimum atomic E-state index is -1.17. The summed E-state index contributed by atoms with van der Waals surface area (Å²) in [5.74, 6) is 0. The van der Waals surface area contributed by atoms with Crippen LogP contribution in [-0.2, 0) is 15.1 Å². The van der Waals surface area contributed by atoms with E-state index < -0.39 is 22.3 Å². The van der Waals surface area contributed by atoms with E-state index in [2.05, 4.69) is 17.9 Å². The highest BCUT2D eigenvalue weighted by molar-refractivity contribution is 7.96. The summed E-state index contributed by atoms with van der Waals surface area (Å²) in [7, 11) is 0. The molecule has 1 aromatic rings. The zero-order valence-corrected chi connectivity index (χ0v) is 13.2. The lowest BCUT2D eigenvalue weighted by atomic mass is 9.88. The number of hydrogen-bond acceptors (Lipinski definition) is 3. The summed E-state index contributed by atoms with van der Waals surface area (Å²) in [5.41, 5.74) is -1.11. The molecular formula is C15H21NO3S. The molecule has 0 aliphatic heterocycles. The molecule has 0 aromatic heterocycles. The molecule has 0 saturated heterocycles. The zero-order chi connectivity index (χ0) is 15.4. The van der Waals surface area contributed by atoms with Crippen LogP contribution in [0, 0.1) is 0 Å². The molecule has 1 N–H and O–H groups in total. The lowest BCUT2D eigenvalue weighted by Crippen LogP contribution is -2.51. The fraction of sp³-hybridized carbons (Fsp3) is 0.467. The number of thiol groups is 1. The molecule has 1 rings (SSSR count). The second-order valence-corrected chi connectivity index (χ2v) is 5.96. The standard InChI is InChI=1S/C15H21NO3S/c1-5-15(12(17)20,11-9-7-6-8-10-11)16-13(18)19-14(2,3)4/h6-10H,5H2,1-4H3,(H,16,18)(H,17,20)/t15-/m1/s1. The number of ether oxygens (including phenoxy) is 1. The summed E-state index contributed by atoms with van der Waals surface area (Å²) in [6.45, 7) is 7.13. The molecule has 0 spiro atoms. The van der Waals surface area contributed by atoms with Gasteiger partial charge in [0, 0.05) is 0 Å². The number of rotatable bonds is 4. The Hall–Kier alpha value is -1.49. The van der Waals surface area contributed by atoms with Crippen molar-refractivity contribution in [1.82, 2.24) is 5.32 Å². The van der Waals surface area contributed by atoms with Gasteiger partial charge in [-0.15, -0.1) is 12.6 Å². The van der Waals surface area contributed by atoms with Gasteiger partial charge < -0.3 is 10.1 Å². The SMILES string of the molecule is CC[C@](NC(=O)OC(C)(C)C)(C(=O)S)c1ccccc1. The maximum Gasteiger partial charge on any atom is 0.408 e. The molecule has 4 nitrogen and oxygen atoms in total. The smallest absolute Gasteiger partial charge is 0.408 e. The molecule has 0 aliphatic rings. The molecule has 0 radical (unpaired) electrons. The van der Waals surface area contributed by atoms with E-state index in [0.717, 1.165) is 0 Å². The second-order valence-electron chi connectivity index (χ2n) is 5.56. The van der Waals surface area contributed by atoms with Crippen LogP contribution in [0.1, 0.15) is 39.7 Å². The largest absolute Gasteiger partial charge is 0.444 e. The van der Waals surface area contributed by atoms with Crippen molar-refractivity contribution in [3.8, 4) is 0 Å². The number of amides is 1. The quantitative estimate of drug-likeness (QED) is 0.838. The summed E-state index contributed by atoms with van der Waals surface area (Å²) in [5, 5.41) is 2.25. The van der Waals surface area contributed by atoms with E-state index in [0.29, 0.717) is 12.0 Å². The van der Waals surface area contributed by atoms with Gasteiger partial charge in [0.15, 0.2) is 0 Å². The van der Waals surface area contributed by atoms with Crippen LogP contribution in [0.3, 0.4) is 0 Å². The van der Waals surface area contributed by atoms with Gasteiger partial charge in [-0.25, -0.2) is 4.79 Å². The Morgan fingerprint density at radius 2 is 1.75 bits per heavy atom. The second kappa shape index (κ2) is 6.31. The van der Waals surface area contributed by atoms with Gasteiger partial charge in [0.1, 0.15) is 11.1 Å². The minimum Gasteiger partial charge on any atom is -0.444 e. The lowest BCUT2D eigenvalue weighted by Gasteiger charge is -2.32. The highest BCUT2D eigenvalue weighted by atomic mass is 32.1.